The maximum Gasteiger partial charge on any atom is 0.227 e. The van der Waals surface area contributed by atoms with E-state index in [4.69, 9.17) is 15.0 Å². The van der Waals surface area contributed by atoms with Gasteiger partial charge in [-0.1, -0.05) is 24.4 Å². The number of hydrogen-bond acceptors (Lipinski definition) is 5. The third-order valence-electron chi connectivity index (χ3n) is 5.29. The van der Waals surface area contributed by atoms with Gasteiger partial charge in [-0.25, -0.2) is 0 Å². The first-order valence-electron chi connectivity index (χ1n) is 8.57. The molecule has 2 heterocycles. The zero-order valence-corrected chi connectivity index (χ0v) is 14.6. The van der Waals surface area contributed by atoms with E-state index in [-0.39, 0.29) is 17.8 Å². The summed E-state index contributed by atoms with van der Waals surface area (Å²) in [6.45, 7) is 1.45. The van der Waals surface area contributed by atoms with Crippen molar-refractivity contribution in [3.05, 3.63) is 29.7 Å². The zero-order chi connectivity index (χ0) is 15.7. The van der Waals surface area contributed by atoms with E-state index in [1.165, 1.54) is 24.8 Å². The molecule has 4 rings (SSSR count). The van der Waals surface area contributed by atoms with Gasteiger partial charge in [0.1, 0.15) is 5.75 Å². The molecule has 1 aromatic carbocycles. The van der Waals surface area contributed by atoms with Gasteiger partial charge in [0.05, 0.1) is 6.61 Å². The molecule has 130 valence electrons. The lowest BCUT2D eigenvalue weighted by molar-refractivity contribution is 0.177. The van der Waals surface area contributed by atoms with Gasteiger partial charge in [-0.15, -0.1) is 12.4 Å². The molecule has 6 heteroatoms. The molecule has 0 saturated heterocycles. The molecule has 1 aromatic heterocycles. The average Bonchev–Trinajstić information content (AvgIpc) is 3.24. The molecule has 5 nitrogen and oxygen atoms in total. The molecule has 2 aromatic rings. The second-order valence-electron chi connectivity index (χ2n) is 6.87. The molecule has 0 spiro atoms. The van der Waals surface area contributed by atoms with Crippen LogP contribution in [0.3, 0.4) is 0 Å². The molecule has 0 bridgehead atoms. The highest BCUT2D eigenvalue weighted by molar-refractivity contribution is 5.85. The number of fused-ring (bicyclic) bond motifs is 1. The largest absolute Gasteiger partial charge is 0.493 e. The minimum Gasteiger partial charge on any atom is -0.493 e. The van der Waals surface area contributed by atoms with E-state index >= 15 is 0 Å². The summed E-state index contributed by atoms with van der Waals surface area (Å²) in [7, 11) is 0. The van der Waals surface area contributed by atoms with Crippen LogP contribution in [0.2, 0.25) is 0 Å². The van der Waals surface area contributed by atoms with Crippen LogP contribution in [0.1, 0.15) is 43.6 Å². The maximum absolute atomic E-state index is 6.06. The highest BCUT2D eigenvalue weighted by Crippen LogP contribution is 2.38. The van der Waals surface area contributed by atoms with Crippen molar-refractivity contribution in [1.29, 1.82) is 0 Å². The molecule has 0 atom stereocenters. The molecule has 1 saturated carbocycles. The van der Waals surface area contributed by atoms with Crippen LogP contribution in [0.15, 0.2) is 22.7 Å². The van der Waals surface area contributed by atoms with Crippen molar-refractivity contribution in [2.24, 2.45) is 11.1 Å². The van der Waals surface area contributed by atoms with Crippen molar-refractivity contribution in [1.82, 2.24) is 10.1 Å². The summed E-state index contributed by atoms with van der Waals surface area (Å²) in [6, 6.07) is 6.10. The van der Waals surface area contributed by atoms with E-state index in [1.54, 1.807) is 0 Å². The molecule has 1 fully saturated rings. The van der Waals surface area contributed by atoms with Crippen molar-refractivity contribution in [2.45, 2.75) is 44.9 Å². The smallest absolute Gasteiger partial charge is 0.227 e. The number of aromatic nitrogens is 2. The van der Waals surface area contributed by atoms with Crippen LogP contribution in [0.4, 0.5) is 0 Å². The van der Waals surface area contributed by atoms with Crippen molar-refractivity contribution in [2.75, 3.05) is 13.2 Å². The summed E-state index contributed by atoms with van der Waals surface area (Å²) in [5.74, 6) is 2.35. The Hall–Kier alpha value is -1.59. The number of nitrogens with zero attached hydrogens (tertiary/aromatic N) is 2. The Morgan fingerprint density at radius 2 is 2.00 bits per heavy atom. The molecular weight excluding hydrogens is 326 g/mol. The Morgan fingerprint density at radius 3 is 2.79 bits per heavy atom. The number of hydrogen-bond donors (Lipinski definition) is 1. The van der Waals surface area contributed by atoms with Crippen LogP contribution >= 0.6 is 12.4 Å². The first kappa shape index (κ1) is 17.2. The summed E-state index contributed by atoms with van der Waals surface area (Å²) >= 11 is 0. The van der Waals surface area contributed by atoms with Crippen molar-refractivity contribution in [3.8, 4) is 17.1 Å². The summed E-state index contributed by atoms with van der Waals surface area (Å²) < 4.78 is 11.1. The number of ether oxygens (including phenoxy) is 1. The predicted octanol–water partition coefficient (Wildman–Crippen LogP) is 3.55. The first-order valence-corrected chi connectivity index (χ1v) is 8.57. The third kappa shape index (κ3) is 3.28. The Labute approximate surface area is 148 Å². The standard InChI is InChI=1S/C18H23N3O2.ClH/c19-12-18(7-2-1-3-8-18)11-16-20-17(21-23-16)14-4-5-15-13(10-14)6-9-22-15;/h4-5,10H,1-3,6-9,11-12,19H2;1H. The lowest BCUT2D eigenvalue weighted by Crippen LogP contribution is -2.35. The van der Waals surface area contributed by atoms with Gasteiger partial charge >= 0.3 is 0 Å². The van der Waals surface area contributed by atoms with E-state index in [1.807, 2.05) is 12.1 Å². The fourth-order valence-electron chi connectivity index (χ4n) is 3.85. The summed E-state index contributed by atoms with van der Waals surface area (Å²) in [5.41, 5.74) is 8.43. The monoisotopic (exact) mass is 349 g/mol. The van der Waals surface area contributed by atoms with E-state index in [0.717, 1.165) is 43.6 Å². The van der Waals surface area contributed by atoms with Crippen LogP contribution < -0.4 is 10.5 Å². The van der Waals surface area contributed by atoms with Crippen LogP contribution in [0, 0.1) is 5.41 Å². The van der Waals surface area contributed by atoms with E-state index in [9.17, 15) is 0 Å². The normalized spacial score (nSPS) is 18.5. The first-order chi connectivity index (χ1) is 11.3. The lowest BCUT2D eigenvalue weighted by Gasteiger charge is -2.34. The molecule has 24 heavy (non-hydrogen) atoms. The minimum atomic E-state index is 0. The van der Waals surface area contributed by atoms with Gasteiger partial charge in [0.15, 0.2) is 0 Å². The lowest BCUT2D eigenvalue weighted by atomic mass is 9.72. The number of benzene rings is 1. The van der Waals surface area contributed by atoms with E-state index in [0.29, 0.717) is 18.3 Å². The number of nitrogens with two attached hydrogens (primary N) is 1. The summed E-state index contributed by atoms with van der Waals surface area (Å²) in [4.78, 5) is 4.62. The van der Waals surface area contributed by atoms with Crippen molar-refractivity contribution >= 4 is 12.4 Å². The quantitative estimate of drug-likeness (QED) is 0.913. The molecule has 0 amide bonds. The highest BCUT2D eigenvalue weighted by Gasteiger charge is 2.33. The van der Waals surface area contributed by atoms with Gasteiger partial charge < -0.3 is 15.0 Å². The van der Waals surface area contributed by atoms with Crippen LogP contribution in [0.25, 0.3) is 11.4 Å². The molecular formula is C18H24ClN3O2. The highest BCUT2D eigenvalue weighted by atomic mass is 35.5. The molecule has 1 aliphatic carbocycles. The predicted molar refractivity (Wildman–Crippen MR) is 94.5 cm³/mol. The van der Waals surface area contributed by atoms with Gasteiger partial charge in [-0.2, -0.15) is 4.98 Å². The number of rotatable bonds is 4. The maximum atomic E-state index is 6.06. The second-order valence-corrected chi connectivity index (χ2v) is 6.87. The summed E-state index contributed by atoms with van der Waals surface area (Å²) in [6.07, 6.45) is 7.89. The number of halogens is 1. The Morgan fingerprint density at radius 1 is 1.17 bits per heavy atom. The average molecular weight is 350 g/mol. The molecule has 0 radical (unpaired) electrons. The van der Waals surface area contributed by atoms with Gasteiger partial charge in [0.2, 0.25) is 11.7 Å². The van der Waals surface area contributed by atoms with Crippen molar-refractivity contribution in [3.63, 3.8) is 0 Å². The van der Waals surface area contributed by atoms with Gasteiger partial charge in [0, 0.05) is 18.4 Å². The van der Waals surface area contributed by atoms with Crippen LogP contribution in [-0.4, -0.2) is 23.3 Å². The fourth-order valence-corrected chi connectivity index (χ4v) is 3.85. The topological polar surface area (TPSA) is 74.2 Å². The Bertz CT molecular complexity index is 695. The molecule has 1 aliphatic heterocycles. The Balaban J connectivity index is 0.00000169. The molecule has 2 aliphatic rings. The van der Waals surface area contributed by atoms with Gasteiger partial charge in [-0.05, 0) is 48.6 Å². The second kappa shape index (κ2) is 7.11. The fraction of sp³-hybridized carbons (Fsp3) is 0.556. The Kier molecular flexibility index (Phi) is 5.11. The van der Waals surface area contributed by atoms with E-state index in [2.05, 4.69) is 16.2 Å². The molecule has 2 N–H and O–H groups in total. The van der Waals surface area contributed by atoms with E-state index < -0.39 is 0 Å². The third-order valence-corrected chi connectivity index (χ3v) is 5.29. The van der Waals surface area contributed by atoms with Crippen LogP contribution in [-0.2, 0) is 12.8 Å². The summed E-state index contributed by atoms with van der Waals surface area (Å²) in [5, 5.41) is 4.18. The SMILES string of the molecule is Cl.NCC1(Cc2nc(-c3ccc4c(c3)CCO4)no2)CCCCC1. The van der Waals surface area contributed by atoms with Crippen molar-refractivity contribution < 1.29 is 9.26 Å². The molecule has 0 unspecified atom stereocenters. The van der Waals surface area contributed by atoms with Gasteiger partial charge in [0.25, 0.3) is 0 Å². The van der Waals surface area contributed by atoms with Crippen LogP contribution in [0.5, 0.6) is 5.75 Å². The van der Waals surface area contributed by atoms with Gasteiger partial charge in [-0.3, -0.25) is 0 Å². The minimum absolute atomic E-state index is 0. The zero-order valence-electron chi connectivity index (χ0n) is 13.8.